The van der Waals surface area contributed by atoms with E-state index in [0.717, 1.165) is 14.5 Å². The summed E-state index contributed by atoms with van der Waals surface area (Å²) in [6.07, 6.45) is -1.03. The topological polar surface area (TPSA) is 60.9 Å². The van der Waals surface area contributed by atoms with Crippen molar-refractivity contribution in [2.24, 2.45) is 0 Å². The number of carbonyl (C=O) groups is 2. The standard InChI is InChI=1S/C16H11ClFIN2O3/c17-11-5-2-6-12(18)14(11)16(23)20-8-13(22)21(24)15(20)9-3-1-4-10(19)7-9/h1-7,15,24H,8H2. The quantitative estimate of drug-likeness (QED) is 0.552. The molecule has 2 aromatic carbocycles. The van der Waals surface area contributed by atoms with Crippen molar-refractivity contribution in [1.29, 1.82) is 0 Å². The second-order valence-electron chi connectivity index (χ2n) is 5.20. The molecule has 0 radical (unpaired) electrons. The molecule has 1 unspecified atom stereocenters. The molecule has 8 heteroatoms. The zero-order valence-corrected chi connectivity index (χ0v) is 15.0. The van der Waals surface area contributed by atoms with Crippen LogP contribution in [0.15, 0.2) is 42.5 Å². The number of hydrogen-bond acceptors (Lipinski definition) is 3. The molecule has 0 spiro atoms. The van der Waals surface area contributed by atoms with Gasteiger partial charge < -0.3 is 4.90 Å². The van der Waals surface area contributed by atoms with Crippen molar-refractivity contribution in [3.63, 3.8) is 0 Å². The molecule has 0 aliphatic carbocycles. The summed E-state index contributed by atoms with van der Waals surface area (Å²) in [7, 11) is 0. The molecule has 5 nitrogen and oxygen atoms in total. The lowest BCUT2D eigenvalue weighted by Gasteiger charge is -2.27. The third kappa shape index (κ3) is 2.99. The number of rotatable bonds is 2. The predicted molar refractivity (Wildman–Crippen MR) is 93.0 cm³/mol. The smallest absolute Gasteiger partial charge is 0.267 e. The van der Waals surface area contributed by atoms with Crippen molar-refractivity contribution in [2.75, 3.05) is 6.54 Å². The van der Waals surface area contributed by atoms with Crippen LogP contribution < -0.4 is 0 Å². The van der Waals surface area contributed by atoms with Crippen LogP contribution in [0.4, 0.5) is 4.39 Å². The van der Waals surface area contributed by atoms with Gasteiger partial charge in [-0.05, 0) is 52.4 Å². The molecule has 1 aliphatic rings. The molecule has 2 amide bonds. The molecule has 0 bridgehead atoms. The molecule has 1 atom stereocenters. The van der Waals surface area contributed by atoms with Gasteiger partial charge in [-0.2, -0.15) is 5.06 Å². The number of benzene rings is 2. The molecule has 124 valence electrons. The molecular weight excluding hydrogens is 450 g/mol. The van der Waals surface area contributed by atoms with Crippen LogP contribution in [0, 0.1) is 9.39 Å². The highest BCUT2D eigenvalue weighted by Gasteiger charge is 2.42. The summed E-state index contributed by atoms with van der Waals surface area (Å²) in [4.78, 5) is 25.8. The van der Waals surface area contributed by atoms with Gasteiger partial charge in [0.05, 0.1) is 10.6 Å². The molecule has 1 heterocycles. The Kier molecular flexibility index (Phi) is 4.75. The van der Waals surface area contributed by atoms with Crippen LogP contribution >= 0.6 is 34.2 Å². The average Bonchev–Trinajstić information content (AvgIpc) is 2.82. The zero-order valence-electron chi connectivity index (χ0n) is 12.1. The first kappa shape index (κ1) is 17.1. The van der Waals surface area contributed by atoms with Gasteiger partial charge in [0.15, 0.2) is 6.17 Å². The van der Waals surface area contributed by atoms with Crippen LogP contribution in [-0.4, -0.2) is 33.5 Å². The normalized spacial score (nSPS) is 17.5. The summed E-state index contributed by atoms with van der Waals surface area (Å²) in [6, 6.07) is 10.9. The van der Waals surface area contributed by atoms with Gasteiger partial charge in [0.2, 0.25) is 0 Å². The number of amides is 2. The SMILES string of the molecule is O=C1CN(C(=O)c2c(F)cccc2Cl)C(c2cccc(I)c2)N1O. The molecule has 2 aromatic rings. The Balaban J connectivity index is 2.05. The minimum absolute atomic E-state index is 0.0507. The second-order valence-corrected chi connectivity index (χ2v) is 6.85. The van der Waals surface area contributed by atoms with Gasteiger partial charge >= 0.3 is 0 Å². The molecule has 1 aliphatic heterocycles. The Bertz CT molecular complexity index is 812. The van der Waals surface area contributed by atoms with E-state index in [1.165, 1.54) is 12.1 Å². The van der Waals surface area contributed by atoms with E-state index in [2.05, 4.69) is 22.6 Å². The van der Waals surface area contributed by atoms with E-state index >= 15 is 0 Å². The van der Waals surface area contributed by atoms with E-state index in [1.807, 2.05) is 6.07 Å². The Labute approximate surface area is 155 Å². The van der Waals surface area contributed by atoms with Gasteiger partial charge in [0.25, 0.3) is 11.8 Å². The Morgan fingerprint density at radius 1 is 1.29 bits per heavy atom. The van der Waals surface area contributed by atoms with E-state index in [-0.39, 0.29) is 17.1 Å². The fourth-order valence-corrected chi connectivity index (χ4v) is 3.40. The lowest BCUT2D eigenvalue weighted by molar-refractivity contribution is -0.168. The predicted octanol–water partition coefficient (Wildman–Crippen LogP) is 3.46. The number of hydroxylamine groups is 2. The fourth-order valence-electron chi connectivity index (χ4n) is 2.59. The highest BCUT2D eigenvalue weighted by atomic mass is 127. The fraction of sp³-hybridized carbons (Fsp3) is 0.125. The second kappa shape index (κ2) is 6.66. The molecule has 1 N–H and O–H groups in total. The van der Waals surface area contributed by atoms with E-state index in [0.29, 0.717) is 10.6 Å². The molecule has 0 aromatic heterocycles. The van der Waals surface area contributed by atoms with Gasteiger partial charge in [0.1, 0.15) is 12.4 Å². The van der Waals surface area contributed by atoms with Crippen molar-refractivity contribution >= 4 is 46.0 Å². The van der Waals surface area contributed by atoms with Crippen LogP contribution in [0.3, 0.4) is 0 Å². The van der Waals surface area contributed by atoms with E-state index in [1.54, 1.807) is 18.2 Å². The molecule has 24 heavy (non-hydrogen) atoms. The maximum atomic E-state index is 14.0. The van der Waals surface area contributed by atoms with Crippen molar-refractivity contribution in [1.82, 2.24) is 9.96 Å². The van der Waals surface area contributed by atoms with Gasteiger partial charge in [0, 0.05) is 3.57 Å². The summed E-state index contributed by atoms with van der Waals surface area (Å²) in [5, 5.41) is 10.5. The Morgan fingerprint density at radius 3 is 2.67 bits per heavy atom. The van der Waals surface area contributed by atoms with E-state index in [9.17, 15) is 19.2 Å². The Morgan fingerprint density at radius 2 is 2.00 bits per heavy atom. The maximum absolute atomic E-state index is 14.0. The van der Waals surface area contributed by atoms with Crippen molar-refractivity contribution in [3.05, 3.63) is 68.0 Å². The monoisotopic (exact) mass is 460 g/mol. The van der Waals surface area contributed by atoms with Gasteiger partial charge in [-0.3, -0.25) is 14.8 Å². The first-order chi connectivity index (χ1) is 11.4. The minimum Gasteiger partial charge on any atom is -0.302 e. The van der Waals surface area contributed by atoms with E-state index < -0.39 is 23.8 Å². The van der Waals surface area contributed by atoms with Crippen LogP contribution in [0.25, 0.3) is 0 Å². The highest BCUT2D eigenvalue weighted by Crippen LogP contribution is 2.33. The summed E-state index contributed by atoms with van der Waals surface area (Å²) < 4.78 is 14.9. The minimum atomic E-state index is -1.03. The first-order valence-electron chi connectivity index (χ1n) is 6.91. The van der Waals surface area contributed by atoms with Crippen LogP contribution in [0.1, 0.15) is 22.1 Å². The number of hydrogen-bond donors (Lipinski definition) is 1. The lowest BCUT2D eigenvalue weighted by atomic mass is 10.1. The zero-order chi connectivity index (χ0) is 17.4. The molecular formula is C16H11ClFIN2O3. The van der Waals surface area contributed by atoms with Gasteiger partial charge in [-0.15, -0.1) is 0 Å². The van der Waals surface area contributed by atoms with Crippen LogP contribution in [-0.2, 0) is 4.79 Å². The number of nitrogens with zero attached hydrogens (tertiary/aromatic N) is 2. The first-order valence-corrected chi connectivity index (χ1v) is 8.37. The summed E-state index contributed by atoms with van der Waals surface area (Å²) in [5.41, 5.74) is 0.217. The van der Waals surface area contributed by atoms with Gasteiger partial charge in [-0.25, -0.2) is 4.39 Å². The van der Waals surface area contributed by atoms with Crippen molar-refractivity contribution in [2.45, 2.75) is 6.17 Å². The van der Waals surface area contributed by atoms with Crippen molar-refractivity contribution < 1.29 is 19.2 Å². The van der Waals surface area contributed by atoms with Gasteiger partial charge in [-0.1, -0.05) is 29.8 Å². The molecule has 3 rings (SSSR count). The van der Waals surface area contributed by atoms with E-state index in [4.69, 9.17) is 11.6 Å². The number of halogens is 3. The lowest BCUT2D eigenvalue weighted by Crippen LogP contribution is -2.35. The van der Waals surface area contributed by atoms with Crippen LogP contribution in [0.5, 0.6) is 0 Å². The maximum Gasteiger partial charge on any atom is 0.267 e. The molecule has 1 saturated heterocycles. The third-order valence-corrected chi connectivity index (χ3v) is 4.66. The van der Waals surface area contributed by atoms with Crippen molar-refractivity contribution in [3.8, 4) is 0 Å². The summed E-state index contributed by atoms with van der Waals surface area (Å²) in [5.74, 6) is -2.19. The third-order valence-electron chi connectivity index (χ3n) is 3.67. The summed E-state index contributed by atoms with van der Waals surface area (Å²) >= 11 is 8.03. The Hall–Kier alpha value is -1.71. The average molecular weight is 461 g/mol. The largest absolute Gasteiger partial charge is 0.302 e. The number of carbonyl (C=O) groups excluding carboxylic acids is 2. The molecule has 1 fully saturated rings. The summed E-state index contributed by atoms with van der Waals surface area (Å²) in [6.45, 7) is -0.365. The highest BCUT2D eigenvalue weighted by molar-refractivity contribution is 14.1. The molecule has 0 saturated carbocycles. The van der Waals surface area contributed by atoms with Crippen LogP contribution in [0.2, 0.25) is 5.02 Å².